The number of hydrogen-bond donors (Lipinski definition) is 1. The highest BCUT2D eigenvalue weighted by Gasteiger charge is 2.26. The first-order valence-corrected chi connectivity index (χ1v) is 9.41. The predicted molar refractivity (Wildman–Crippen MR) is 95.2 cm³/mol. The number of ether oxygens (including phenoxy) is 2. The summed E-state index contributed by atoms with van der Waals surface area (Å²) in [5.41, 5.74) is 0.917. The lowest BCUT2D eigenvalue weighted by Gasteiger charge is -2.35. The zero-order valence-corrected chi connectivity index (χ0v) is 14.9. The van der Waals surface area contributed by atoms with Crippen molar-refractivity contribution >= 4 is 11.9 Å². The van der Waals surface area contributed by atoms with Crippen LogP contribution in [0.25, 0.3) is 0 Å². The standard InChI is InChI=1S/C19H25N3O4/c23-18(12-14-5-6-16-17(11-14)26-13-25-16)21-7-9-22(10-8-21)19(24)20-15-3-1-2-4-15/h5-6,11,15H,1-4,7-10,12-13H2,(H,20,24). The Hall–Kier alpha value is -2.44. The average molecular weight is 359 g/mol. The van der Waals surface area contributed by atoms with E-state index in [1.54, 1.807) is 0 Å². The average Bonchev–Trinajstić information content (AvgIpc) is 3.33. The monoisotopic (exact) mass is 359 g/mol. The third-order valence-electron chi connectivity index (χ3n) is 5.39. The van der Waals surface area contributed by atoms with Crippen LogP contribution in [-0.4, -0.2) is 60.8 Å². The number of benzene rings is 1. The molecule has 2 fully saturated rings. The molecule has 1 N–H and O–H groups in total. The topological polar surface area (TPSA) is 71.1 Å². The van der Waals surface area contributed by atoms with Crippen molar-refractivity contribution < 1.29 is 19.1 Å². The fraction of sp³-hybridized carbons (Fsp3) is 0.579. The van der Waals surface area contributed by atoms with Crippen LogP contribution in [0.5, 0.6) is 11.5 Å². The Bertz CT molecular complexity index is 679. The van der Waals surface area contributed by atoms with Gasteiger partial charge in [-0.25, -0.2) is 4.79 Å². The summed E-state index contributed by atoms with van der Waals surface area (Å²) >= 11 is 0. The molecule has 7 heteroatoms. The van der Waals surface area contributed by atoms with E-state index in [4.69, 9.17) is 9.47 Å². The lowest BCUT2D eigenvalue weighted by molar-refractivity contribution is -0.131. The quantitative estimate of drug-likeness (QED) is 0.893. The van der Waals surface area contributed by atoms with Crippen LogP contribution in [0.15, 0.2) is 18.2 Å². The molecule has 3 amide bonds. The van der Waals surface area contributed by atoms with Crippen molar-refractivity contribution in [1.29, 1.82) is 0 Å². The maximum Gasteiger partial charge on any atom is 0.317 e. The molecule has 1 aromatic rings. The number of piperazine rings is 1. The minimum atomic E-state index is 0.0137. The Balaban J connectivity index is 1.26. The SMILES string of the molecule is O=C(Cc1ccc2c(c1)OCO2)N1CCN(C(=O)NC2CCCC2)CC1. The van der Waals surface area contributed by atoms with Gasteiger partial charge in [0, 0.05) is 32.2 Å². The molecule has 0 atom stereocenters. The molecule has 1 aliphatic carbocycles. The Morgan fingerprint density at radius 1 is 1.00 bits per heavy atom. The molecule has 26 heavy (non-hydrogen) atoms. The van der Waals surface area contributed by atoms with Gasteiger partial charge in [0.15, 0.2) is 11.5 Å². The zero-order valence-electron chi connectivity index (χ0n) is 14.9. The number of rotatable bonds is 3. The summed E-state index contributed by atoms with van der Waals surface area (Å²) in [6.45, 7) is 2.58. The normalized spacial score (nSPS) is 19.7. The molecule has 1 saturated carbocycles. The summed E-state index contributed by atoms with van der Waals surface area (Å²) in [4.78, 5) is 28.5. The van der Waals surface area contributed by atoms with Gasteiger partial charge in [0.2, 0.25) is 12.7 Å². The molecule has 1 aromatic carbocycles. The van der Waals surface area contributed by atoms with Gasteiger partial charge in [-0.15, -0.1) is 0 Å². The Morgan fingerprint density at radius 2 is 1.69 bits per heavy atom. The molecule has 140 valence electrons. The largest absolute Gasteiger partial charge is 0.454 e. The number of nitrogens with zero attached hydrogens (tertiary/aromatic N) is 2. The maximum absolute atomic E-state index is 12.6. The molecule has 0 bridgehead atoms. The number of hydrogen-bond acceptors (Lipinski definition) is 4. The van der Waals surface area contributed by atoms with Crippen LogP contribution in [0.4, 0.5) is 4.79 Å². The van der Waals surface area contributed by atoms with Gasteiger partial charge in [-0.1, -0.05) is 18.9 Å². The highest BCUT2D eigenvalue weighted by Crippen LogP contribution is 2.32. The van der Waals surface area contributed by atoms with Gasteiger partial charge in [-0.05, 0) is 30.5 Å². The van der Waals surface area contributed by atoms with E-state index >= 15 is 0 Å². The smallest absolute Gasteiger partial charge is 0.317 e. The van der Waals surface area contributed by atoms with E-state index in [1.165, 1.54) is 12.8 Å². The molecule has 2 heterocycles. The van der Waals surface area contributed by atoms with Gasteiger partial charge in [0.25, 0.3) is 0 Å². The Kier molecular flexibility index (Phi) is 4.86. The molecule has 0 spiro atoms. The first-order valence-electron chi connectivity index (χ1n) is 9.41. The minimum absolute atomic E-state index is 0.0137. The maximum atomic E-state index is 12.6. The third-order valence-corrected chi connectivity index (χ3v) is 5.39. The predicted octanol–water partition coefficient (Wildman–Crippen LogP) is 1.75. The van der Waals surface area contributed by atoms with Crippen LogP contribution in [0, 0.1) is 0 Å². The number of urea groups is 1. The van der Waals surface area contributed by atoms with E-state index in [2.05, 4.69) is 5.32 Å². The van der Waals surface area contributed by atoms with Crippen LogP contribution in [0.1, 0.15) is 31.2 Å². The zero-order chi connectivity index (χ0) is 17.9. The Labute approximate surface area is 153 Å². The van der Waals surface area contributed by atoms with Gasteiger partial charge >= 0.3 is 6.03 Å². The van der Waals surface area contributed by atoms with Crippen LogP contribution in [-0.2, 0) is 11.2 Å². The second-order valence-corrected chi connectivity index (χ2v) is 7.16. The second kappa shape index (κ2) is 7.43. The minimum Gasteiger partial charge on any atom is -0.454 e. The van der Waals surface area contributed by atoms with E-state index < -0.39 is 0 Å². The molecule has 0 unspecified atom stereocenters. The van der Waals surface area contributed by atoms with Crippen LogP contribution < -0.4 is 14.8 Å². The van der Waals surface area contributed by atoms with Crippen molar-refractivity contribution in [2.45, 2.75) is 38.1 Å². The van der Waals surface area contributed by atoms with Crippen LogP contribution in [0.3, 0.4) is 0 Å². The number of amides is 3. The lowest BCUT2D eigenvalue weighted by atomic mass is 10.1. The van der Waals surface area contributed by atoms with Crippen molar-refractivity contribution in [2.75, 3.05) is 33.0 Å². The van der Waals surface area contributed by atoms with Crippen LogP contribution in [0.2, 0.25) is 0 Å². The molecule has 3 aliphatic rings. The number of carbonyl (C=O) groups excluding carboxylic acids is 2. The van der Waals surface area contributed by atoms with Gasteiger partial charge in [0.05, 0.1) is 6.42 Å². The molecular formula is C19H25N3O4. The lowest BCUT2D eigenvalue weighted by Crippen LogP contribution is -2.54. The first-order chi connectivity index (χ1) is 12.7. The molecule has 0 radical (unpaired) electrons. The fourth-order valence-electron chi connectivity index (χ4n) is 3.83. The summed E-state index contributed by atoms with van der Waals surface area (Å²) < 4.78 is 10.7. The number of carbonyl (C=O) groups is 2. The van der Waals surface area contributed by atoms with Crippen molar-refractivity contribution in [2.24, 2.45) is 0 Å². The highest BCUT2D eigenvalue weighted by molar-refractivity contribution is 5.80. The number of nitrogens with one attached hydrogen (secondary N) is 1. The highest BCUT2D eigenvalue weighted by atomic mass is 16.7. The van der Waals surface area contributed by atoms with Gasteiger partial charge in [-0.3, -0.25) is 4.79 Å². The third kappa shape index (κ3) is 3.71. The number of fused-ring (bicyclic) bond motifs is 1. The fourth-order valence-corrected chi connectivity index (χ4v) is 3.83. The summed E-state index contributed by atoms with van der Waals surface area (Å²) in [6, 6.07) is 5.95. The molecule has 1 saturated heterocycles. The first kappa shape index (κ1) is 17.0. The Morgan fingerprint density at radius 3 is 2.46 bits per heavy atom. The van der Waals surface area contributed by atoms with Gasteiger partial charge in [-0.2, -0.15) is 0 Å². The summed E-state index contributed by atoms with van der Waals surface area (Å²) in [7, 11) is 0. The molecule has 4 rings (SSSR count). The summed E-state index contributed by atoms with van der Waals surface area (Å²) in [5, 5.41) is 3.11. The van der Waals surface area contributed by atoms with Gasteiger partial charge in [0.1, 0.15) is 0 Å². The van der Waals surface area contributed by atoms with E-state index in [1.807, 2.05) is 28.0 Å². The summed E-state index contributed by atoms with van der Waals surface area (Å²) in [6.07, 6.45) is 4.91. The van der Waals surface area contributed by atoms with Crippen molar-refractivity contribution in [3.8, 4) is 11.5 Å². The molecular weight excluding hydrogens is 334 g/mol. The van der Waals surface area contributed by atoms with E-state index in [-0.39, 0.29) is 18.7 Å². The molecule has 0 aromatic heterocycles. The molecule has 2 aliphatic heterocycles. The molecule has 7 nitrogen and oxygen atoms in total. The van der Waals surface area contributed by atoms with Crippen molar-refractivity contribution in [3.63, 3.8) is 0 Å². The van der Waals surface area contributed by atoms with E-state index in [9.17, 15) is 9.59 Å². The second-order valence-electron chi connectivity index (χ2n) is 7.16. The van der Waals surface area contributed by atoms with Crippen molar-refractivity contribution in [3.05, 3.63) is 23.8 Å². The summed E-state index contributed by atoms with van der Waals surface area (Å²) in [5.74, 6) is 1.51. The van der Waals surface area contributed by atoms with E-state index in [0.29, 0.717) is 44.4 Å². The van der Waals surface area contributed by atoms with Gasteiger partial charge < -0.3 is 24.6 Å². The van der Waals surface area contributed by atoms with Crippen molar-refractivity contribution in [1.82, 2.24) is 15.1 Å². The van der Waals surface area contributed by atoms with Crippen LogP contribution >= 0.6 is 0 Å². The van der Waals surface area contributed by atoms with E-state index in [0.717, 1.165) is 24.2 Å².